The Kier molecular flexibility index (Phi) is 4.10. The molecule has 1 heterocycles. The number of hydrogen-bond donors (Lipinski definition) is 0. The van der Waals surface area contributed by atoms with Gasteiger partial charge in [-0.3, -0.25) is 4.99 Å². The molecule has 1 rings (SSSR count). The molecule has 1 aliphatic rings. The van der Waals surface area contributed by atoms with Crippen molar-refractivity contribution >= 4 is 11.7 Å². The lowest BCUT2D eigenvalue weighted by molar-refractivity contribution is 0.637. The molecule has 88 valence electrons. The summed E-state index contributed by atoms with van der Waals surface area (Å²) < 4.78 is 26.0. The highest BCUT2D eigenvalue weighted by molar-refractivity contribution is 6.16. The molecule has 0 aromatic carbocycles. The van der Waals surface area contributed by atoms with Gasteiger partial charge in [-0.05, 0) is 25.3 Å². The van der Waals surface area contributed by atoms with E-state index in [0.717, 1.165) is 11.6 Å². The Labute approximate surface area is 94.5 Å². The van der Waals surface area contributed by atoms with Crippen LogP contribution in [0, 0.1) is 5.92 Å². The van der Waals surface area contributed by atoms with Crippen molar-refractivity contribution < 1.29 is 8.78 Å². The van der Waals surface area contributed by atoms with Crippen molar-refractivity contribution in [3.8, 4) is 0 Å². The zero-order valence-corrected chi connectivity index (χ0v) is 10.0. The molecule has 0 atom stereocenters. The minimum absolute atomic E-state index is 0.373. The Hall–Kier alpha value is -1.32. The molecular formula is C12H16F2N2. The van der Waals surface area contributed by atoms with Crippen molar-refractivity contribution in [1.29, 1.82) is 0 Å². The van der Waals surface area contributed by atoms with Crippen molar-refractivity contribution in [2.75, 3.05) is 6.54 Å². The Morgan fingerprint density at radius 3 is 2.50 bits per heavy atom. The molecule has 0 fully saturated rings. The molecular weight excluding hydrogens is 210 g/mol. The largest absolute Gasteiger partial charge is 0.283 e. The van der Waals surface area contributed by atoms with Gasteiger partial charge in [-0.2, -0.15) is 4.39 Å². The van der Waals surface area contributed by atoms with Gasteiger partial charge in [0.05, 0.1) is 11.4 Å². The highest BCUT2D eigenvalue weighted by atomic mass is 19.2. The molecule has 0 aromatic rings. The monoisotopic (exact) mass is 226 g/mol. The molecule has 0 aromatic heterocycles. The predicted octanol–water partition coefficient (Wildman–Crippen LogP) is 3.61. The average molecular weight is 226 g/mol. The van der Waals surface area contributed by atoms with Crippen LogP contribution >= 0.6 is 0 Å². The van der Waals surface area contributed by atoms with E-state index in [1.807, 2.05) is 13.8 Å². The number of rotatable bonds is 2. The van der Waals surface area contributed by atoms with Crippen LogP contribution in [0.1, 0.15) is 27.7 Å². The smallest absolute Gasteiger partial charge is 0.249 e. The molecule has 0 amide bonds. The van der Waals surface area contributed by atoms with Crippen LogP contribution in [0.5, 0.6) is 0 Å². The predicted molar refractivity (Wildman–Crippen MR) is 63.2 cm³/mol. The maximum atomic E-state index is 13.0. The molecule has 0 aliphatic carbocycles. The number of hydrogen-bond acceptors (Lipinski definition) is 2. The molecule has 0 N–H and O–H groups in total. The van der Waals surface area contributed by atoms with Gasteiger partial charge in [-0.15, -0.1) is 0 Å². The molecule has 1 aliphatic heterocycles. The standard InChI is InChI=1S/C12H16F2N2/c1-7(2)6-15-10-5-9(13)12(14)16-11(10)8(3)4/h5,7H,6H2,1-4H3/b15-10-. The number of nitrogens with zero attached hydrogens (tertiary/aromatic N) is 2. The van der Waals surface area contributed by atoms with E-state index in [2.05, 4.69) is 9.98 Å². The first-order valence-corrected chi connectivity index (χ1v) is 5.26. The van der Waals surface area contributed by atoms with Gasteiger partial charge in [0.15, 0.2) is 5.83 Å². The van der Waals surface area contributed by atoms with Crippen LogP contribution in [0.3, 0.4) is 0 Å². The number of halogens is 2. The number of dihydropyridines is 1. The molecule has 0 unspecified atom stereocenters. The third-order valence-corrected chi connectivity index (χ3v) is 2.01. The summed E-state index contributed by atoms with van der Waals surface area (Å²) in [5.74, 6) is -1.65. The highest BCUT2D eigenvalue weighted by Crippen LogP contribution is 2.19. The van der Waals surface area contributed by atoms with E-state index < -0.39 is 11.8 Å². The van der Waals surface area contributed by atoms with Crippen LogP contribution in [-0.2, 0) is 0 Å². The van der Waals surface area contributed by atoms with Gasteiger partial charge in [0, 0.05) is 12.6 Å². The summed E-state index contributed by atoms with van der Waals surface area (Å²) in [5.41, 5.74) is 1.67. The van der Waals surface area contributed by atoms with Gasteiger partial charge in [0.2, 0.25) is 5.97 Å². The maximum absolute atomic E-state index is 13.0. The molecule has 2 nitrogen and oxygen atoms in total. The average Bonchev–Trinajstić information content (AvgIpc) is 2.18. The Bertz CT molecular complexity index is 397. The lowest BCUT2D eigenvalue weighted by Crippen LogP contribution is -2.11. The summed E-state index contributed by atoms with van der Waals surface area (Å²) in [6.07, 6.45) is 1.10. The third kappa shape index (κ3) is 3.08. The van der Waals surface area contributed by atoms with E-state index in [-0.39, 0.29) is 0 Å². The lowest BCUT2D eigenvalue weighted by atomic mass is 10.1. The fraction of sp³-hybridized carbons (Fsp3) is 0.500. The Morgan fingerprint density at radius 2 is 2.00 bits per heavy atom. The zero-order valence-electron chi connectivity index (χ0n) is 10.0. The van der Waals surface area contributed by atoms with E-state index in [9.17, 15) is 8.78 Å². The molecule has 0 radical (unpaired) electrons. The van der Waals surface area contributed by atoms with Crippen molar-refractivity contribution in [3.05, 3.63) is 23.2 Å². The van der Waals surface area contributed by atoms with Crippen LogP contribution in [0.25, 0.3) is 0 Å². The van der Waals surface area contributed by atoms with Crippen LogP contribution in [-0.4, -0.2) is 18.2 Å². The zero-order chi connectivity index (χ0) is 12.3. The summed E-state index contributed by atoms with van der Waals surface area (Å²) in [6.45, 7) is 8.20. The molecule has 0 spiro atoms. The second-order valence-corrected chi connectivity index (χ2v) is 4.36. The van der Waals surface area contributed by atoms with E-state index in [4.69, 9.17) is 0 Å². The second kappa shape index (κ2) is 5.14. The van der Waals surface area contributed by atoms with Crippen LogP contribution in [0.15, 0.2) is 33.2 Å². The highest BCUT2D eigenvalue weighted by Gasteiger charge is 2.18. The fourth-order valence-corrected chi connectivity index (χ4v) is 1.23. The van der Waals surface area contributed by atoms with Gasteiger partial charge in [0.25, 0.3) is 0 Å². The summed E-state index contributed by atoms with van der Waals surface area (Å²) in [6, 6.07) is 0. The summed E-state index contributed by atoms with van der Waals surface area (Å²) in [4.78, 5) is 7.82. The topological polar surface area (TPSA) is 24.7 Å². The SMILES string of the molecule is CC(C)=C1N=C(F)C(F)=C/C1=N/CC(C)C. The molecule has 0 bridgehead atoms. The Morgan fingerprint density at radius 1 is 1.38 bits per heavy atom. The third-order valence-electron chi connectivity index (χ3n) is 2.01. The van der Waals surface area contributed by atoms with Crippen molar-refractivity contribution in [2.45, 2.75) is 27.7 Å². The second-order valence-electron chi connectivity index (χ2n) is 4.36. The van der Waals surface area contributed by atoms with Crippen molar-refractivity contribution in [2.24, 2.45) is 15.9 Å². The molecule has 4 heteroatoms. The van der Waals surface area contributed by atoms with Gasteiger partial charge in [0.1, 0.15) is 0 Å². The molecule has 0 saturated carbocycles. The lowest BCUT2D eigenvalue weighted by Gasteiger charge is -2.11. The fourth-order valence-electron chi connectivity index (χ4n) is 1.23. The van der Waals surface area contributed by atoms with E-state index >= 15 is 0 Å². The van der Waals surface area contributed by atoms with Gasteiger partial charge in [-0.1, -0.05) is 13.8 Å². The first-order chi connectivity index (χ1) is 7.41. The summed E-state index contributed by atoms with van der Waals surface area (Å²) in [7, 11) is 0. The van der Waals surface area contributed by atoms with Crippen LogP contribution in [0.4, 0.5) is 8.78 Å². The molecule has 16 heavy (non-hydrogen) atoms. The number of aliphatic imine (C=N–C) groups is 2. The minimum Gasteiger partial charge on any atom is -0.283 e. The van der Waals surface area contributed by atoms with Gasteiger partial charge in [-0.25, -0.2) is 9.38 Å². The maximum Gasteiger partial charge on any atom is 0.249 e. The Balaban J connectivity index is 3.09. The van der Waals surface area contributed by atoms with E-state index in [0.29, 0.717) is 23.9 Å². The van der Waals surface area contributed by atoms with Gasteiger partial charge < -0.3 is 0 Å². The van der Waals surface area contributed by atoms with Gasteiger partial charge >= 0.3 is 0 Å². The van der Waals surface area contributed by atoms with Crippen molar-refractivity contribution in [1.82, 2.24) is 0 Å². The van der Waals surface area contributed by atoms with E-state index in [1.54, 1.807) is 13.8 Å². The minimum atomic E-state index is -1.07. The van der Waals surface area contributed by atoms with Crippen molar-refractivity contribution in [3.63, 3.8) is 0 Å². The summed E-state index contributed by atoms with van der Waals surface area (Å²) >= 11 is 0. The first kappa shape index (κ1) is 12.7. The van der Waals surface area contributed by atoms with E-state index in [1.165, 1.54) is 0 Å². The number of allylic oxidation sites excluding steroid dienone is 3. The quantitative estimate of drug-likeness (QED) is 0.687. The first-order valence-electron chi connectivity index (χ1n) is 5.26. The summed E-state index contributed by atoms with van der Waals surface area (Å²) in [5, 5.41) is 0. The molecule has 0 saturated heterocycles. The normalized spacial score (nSPS) is 18.9. The van der Waals surface area contributed by atoms with Crippen LogP contribution in [0.2, 0.25) is 0 Å². The van der Waals surface area contributed by atoms with Crippen LogP contribution < -0.4 is 0 Å².